The topological polar surface area (TPSA) is 49.4 Å². The number of nitrogens with zero attached hydrogens (tertiary/aromatic N) is 1. The van der Waals surface area contributed by atoms with Crippen molar-refractivity contribution in [2.45, 2.75) is 50.1 Å². The van der Waals surface area contributed by atoms with E-state index < -0.39 is 10.0 Å². The van der Waals surface area contributed by atoms with E-state index >= 15 is 0 Å². The van der Waals surface area contributed by atoms with E-state index in [1.165, 1.54) is 0 Å². The van der Waals surface area contributed by atoms with E-state index in [0.717, 1.165) is 23.7 Å². The highest BCUT2D eigenvalue weighted by atomic mass is 79.9. The molecule has 0 saturated carbocycles. The van der Waals surface area contributed by atoms with Crippen LogP contribution in [-0.2, 0) is 10.0 Å². The van der Waals surface area contributed by atoms with Crippen LogP contribution in [0.2, 0.25) is 0 Å². The number of piperidine rings is 1. The summed E-state index contributed by atoms with van der Waals surface area (Å²) in [5.74, 6) is 0. The Morgan fingerprint density at radius 1 is 1.20 bits per heavy atom. The Labute approximate surface area is 137 Å². The highest BCUT2D eigenvalue weighted by Gasteiger charge is 2.30. The van der Waals surface area contributed by atoms with Gasteiger partial charge in [-0.1, -0.05) is 22.4 Å². The minimum absolute atomic E-state index is 0.208. The quantitative estimate of drug-likeness (QED) is 0.803. The van der Waals surface area contributed by atoms with Gasteiger partial charge in [-0.25, -0.2) is 13.4 Å². The minimum Gasteiger partial charge on any atom is -0.225 e. The summed E-state index contributed by atoms with van der Waals surface area (Å²) in [4.78, 5) is 2.98. The molecule has 1 heterocycles. The number of benzene rings is 1. The SMILES string of the molecule is CC1CCCC(C)N1NS(=O)(=O)c1cc(Br)ccc1Br. The molecule has 1 N–H and O–H groups in total. The molecule has 1 saturated heterocycles. The van der Waals surface area contributed by atoms with Gasteiger partial charge < -0.3 is 0 Å². The van der Waals surface area contributed by atoms with Crippen molar-refractivity contribution in [1.29, 1.82) is 0 Å². The maximum Gasteiger partial charge on any atom is 0.254 e. The largest absolute Gasteiger partial charge is 0.254 e. The first-order valence-electron chi connectivity index (χ1n) is 6.57. The normalized spacial score (nSPS) is 24.8. The van der Waals surface area contributed by atoms with E-state index in [2.05, 4.69) is 36.7 Å². The number of halogens is 2. The second-order valence-corrected chi connectivity index (χ2v) is 8.60. The van der Waals surface area contributed by atoms with Gasteiger partial charge in [0.05, 0.1) is 4.90 Å². The fourth-order valence-electron chi connectivity index (χ4n) is 2.47. The lowest BCUT2D eigenvalue weighted by Crippen LogP contribution is -2.53. The lowest BCUT2D eigenvalue weighted by atomic mass is 10.0. The highest BCUT2D eigenvalue weighted by Crippen LogP contribution is 2.27. The zero-order valence-electron chi connectivity index (χ0n) is 11.4. The van der Waals surface area contributed by atoms with Gasteiger partial charge in [0.15, 0.2) is 0 Å². The molecule has 1 aromatic rings. The van der Waals surface area contributed by atoms with Crippen LogP contribution in [0.4, 0.5) is 0 Å². The summed E-state index contributed by atoms with van der Waals surface area (Å²) in [6.07, 6.45) is 3.15. The van der Waals surface area contributed by atoms with Crippen LogP contribution >= 0.6 is 31.9 Å². The number of sulfonamides is 1. The van der Waals surface area contributed by atoms with E-state index in [-0.39, 0.29) is 17.0 Å². The summed E-state index contributed by atoms with van der Waals surface area (Å²) >= 11 is 6.61. The van der Waals surface area contributed by atoms with Crippen molar-refractivity contribution in [2.75, 3.05) is 0 Å². The van der Waals surface area contributed by atoms with Crippen LogP contribution in [0.25, 0.3) is 0 Å². The third-order valence-corrected chi connectivity index (χ3v) is 6.42. The lowest BCUT2D eigenvalue weighted by molar-refractivity contribution is 0.0790. The van der Waals surface area contributed by atoms with E-state index in [4.69, 9.17) is 0 Å². The molecular formula is C13H18Br2N2O2S. The number of hydrogen-bond acceptors (Lipinski definition) is 3. The average Bonchev–Trinajstić information content (AvgIpc) is 2.37. The minimum atomic E-state index is -3.58. The Balaban J connectivity index is 2.28. The van der Waals surface area contributed by atoms with Gasteiger partial charge >= 0.3 is 0 Å². The molecule has 1 fully saturated rings. The van der Waals surface area contributed by atoms with Crippen molar-refractivity contribution in [3.05, 3.63) is 27.1 Å². The maximum atomic E-state index is 12.6. The van der Waals surface area contributed by atoms with Crippen LogP contribution in [0.1, 0.15) is 33.1 Å². The van der Waals surface area contributed by atoms with E-state index in [9.17, 15) is 8.42 Å². The molecular weight excluding hydrogens is 408 g/mol. The molecule has 1 aliphatic rings. The van der Waals surface area contributed by atoms with Gasteiger partial charge in [0, 0.05) is 21.0 Å². The summed E-state index contributed by atoms with van der Waals surface area (Å²) in [6, 6.07) is 5.54. The number of nitrogens with one attached hydrogen (secondary N) is 1. The molecule has 2 unspecified atom stereocenters. The van der Waals surface area contributed by atoms with E-state index in [1.54, 1.807) is 18.2 Å². The van der Waals surface area contributed by atoms with Gasteiger partial charge in [-0.15, -0.1) is 4.83 Å². The van der Waals surface area contributed by atoms with Crippen LogP contribution in [0.15, 0.2) is 32.0 Å². The third kappa shape index (κ3) is 3.62. The molecule has 2 atom stereocenters. The fraction of sp³-hybridized carbons (Fsp3) is 0.538. The molecule has 20 heavy (non-hydrogen) atoms. The Morgan fingerprint density at radius 2 is 1.80 bits per heavy atom. The van der Waals surface area contributed by atoms with Gasteiger partial charge in [-0.3, -0.25) is 0 Å². The van der Waals surface area contributed by atoms with Crippen LogP contribution in [0.5, 0.6) is 0 Å². The van der Waals surface area contributed by atoms with Crippen molar-refractivity contribution in [3.8, 4) is 0 Å². The van der Waals surface area contributed by atoms with Crippen LogP contribution in [0, 0.1) is 0 Å². The Bertz CT molecular complexity index is 582. The highest BCUT2D eigenvalue weighted by molar-refractivity contribution is 9.11. The van der Waals surface area contributed by atoms with Crippen LogP contribution in [0.3, 0.4) is 0 Å². The molecule has 0 radical (unpaired) electrons. The smallest absolute Gasteiger partial charge is 0.225 e. The second kappa shape index (κ2) is 6.44. The zero-order chi connectivity index (χ0) is 14.9. The number of hydrogen-bond donors (Lipinski definition) is 1. The van der Waals surface area contributed by atoms with E-state index in [0.29, 0.717) is 4.47 Å². The monoisotopic (exact) mass is 424 g/mol. The molecule has 7 heteroatoms. The lowest BCUT2D eigenvalue weighted by Gasteiger charge is -2.38. The standard InChI is InChI=1S/C13H18Br2N2O2S/c1-9-4-3-5-10(2)17(9)16-20(18,19)13-8-11(14)6-7-12(13)15/h6-10,16H,3-5H2,1-2H3. The second-order valence-electron chi connectivity index (χ2n) is 5.21. The number of rotatable bonds is 3. The Kier molecular flexibility index (Phi) is 5.29. The first-order valence-corrected chi connectivity index (χ1v) is 9.64. The molecule has 1 aliphatic heterocycles. The molecule has 4 nitrogen and oxygen atoms in total. The van der Waals surface area contributed by atoms with Crippen molar-refractivity contribution < 1.29 is 8.42 Å². The molecule has 0 aliphatic carbocycles. The first kappa shape index (κ1) is 16.4. The zero-order valence-corrected chi connectivity index (χ0v) is 15.4. The Morgan fingerprint density at radius 3 is 2.40 bits per heavy atom. The van der Waals surface area contributed by atoms with Crippen molar-refractivity contribution >= 4 is 41.9 Å². The van der Waals surface area contributed by atoms with Crippen molar-refractivity contribution in [3.63, 3.8) is 0 Å². The molecule has 0 spiro atoms. The fourth-order valence-corrected chi connectivity index (χ4v) is 5.21. The molecule has 0 amide bonds. The number of hydrazine groups is 1. The summed E-state index contributed by atoms with van der Waals surface area (Å²) in [5, 5.41) is 1.85. The molecule has 2 rings (SSSR count). The van der Waals surface area contributed by atoms with E-state index in [1.807, 2.05) is 18.9 Å². The van der Waals surface area contributed by atoms with Gasteiger partial charge in [0.25, 0.3) is 10.0 Å². The van der Waals surface area contributed by atoms with Gasteiger partial charge in [-0.05, 0) is 60.8 Å². The van der Waals surface area contributed by atoms with Crippen LogP contribution < -0.4 is 4.83 Å². The molecule has 0 aromatic heterocycles. The van der Waals surface area contributed by atoms with Gasteiger partial charge in [-0.2, -0.15) is 0 Å². The third-order valence-electron chi connectivity index (χ3n) is 3.60. The Hall–Kier alpha value is 0.0500. The predicted molar refractivity (Wildman–Crippen MR) is 86.8 cm³/mol. The van der Waals surface area contributed by atoms with Crippen LogP contribution in [-0.4, -0.2) is 25.5 Å². The average molecular weight is 426 g/mol. The van der Waals surface area contributed by atoms with Gasteiger partial charge in [0.2, 0.25) is 0 Å². The summed E-state index contributed by atoms with van der Waals surface area (Å²) in [6.45, 7) is 4.10. The summed E-state index contributed by atoms with van der Waals surface area (Å²) in [7, 11) is -3.58. The van der Waals surface area contributed by atoms with Crippen molar-refractivity contribution in [2.24, 2.45) is 0 Å². The van der Waals surface area contributed by atoms with Crippen molar-refractivity contribution in [1.82, 2.24) is 9.84 Å². The first-order chi connectivity index (χ1) is 9.31. The predicted octanol–water partition coefficient (Wildman–Crippen LogP) is 3.67. The summed E-state index contributed by atoms with van der Waals surface area (Å²) < 4.78 is 26.4. The summed E-state index contributed by atoms with van der Waals surface area (Å²) in [5.41, 5.74) is 0. The molecule has 112 valence electrons. The maximum absolute atomic E-state index is 12.6. The molecule has 0 bridgehead atoms. The van der Waals surface area contributed by atoms with Gasteiger partial charge in [0.1, 0.15) is 0 Å². The molecule has 1 aromatic carbocycles.